The number of benzene rings is 1. The number of hydrogen-bond acceptors (Lipinski definition) is 4. The van der Waals surface area contributed by atoms with Crippen LogP contribution in [0.5, 0.6) is 0 Å². The molecule has 0 spiro atoms. The minimum Gasteiger partial charge on any atom is -0.357 e. The second kappa shape index (κ2) is 7.22. The van der Waals surface area contributed by atoms with Crippen LogP contribution in [0, 0.1) is 0 Å². The molecule has 1 aliphatic heterocycles. The molecule has 23 heavy (non-hydrogen) atoms. The molecule has 1 fully saturated rings. The number of anilines is 1. The lowest BCUT2D eigenvalue weighted by Crippen LogP contribution is -2.39. The van der Waals surface area contributed by atoms with Gasteiger partial charge in [0.15, 0.2) is 0 Å². The number of hydrogen-bond donors (Lipinski definition) is 1. The molecule has 5 nitrogen and oxygen atoms in total. The van der Waals surface area contributed by atoms with Gasteiger partial charge in [-0.05, 0) is 30.9 Å². The van der Waals surface area contributed by atoms with Gasteiger partial charge in [-0.3, -0.25) is 4.79 Å². The molecule has 0 bridgehead atoms. The first-order valence-corrected chi connectivity index (χ1v) is 8.12. The average molecular weight is 310 g/mol. The van der Waals surface area contributed by atoms with Gasteiger partial charge in [-0.15, -0.1) is 0 Å². The quantitative estimate of drug-likeness (QED) is 0.943. The van der Waals surface area contributed by atoms with Gasteiger partial charge in [0.1, 0.15) is 0 Å². The lowest BCUT2D eigenvalue weighted by molar-refractivity contribution is -0.134. The third kappa shape index (κ3) is 3.67. The van der Waals surface area contributed by atoms with Crippen LogP contribution in [0.3, 0.4) is 0 Å². The Morgan fingerprint density at radius 1 is 1.26 bits per heavy atom. The first kappa shape index (κ1) is 15.5. The van der Waals surface area contributed by atoms with Crippen LogP contribution in [0.1, 0.15) is 36.6 Å². The molecule has 5 heteroatoms. The monoisotopic (exact) mass is 310 g/mol. The molecule has 1 aromatic carbocycles. The molecule has 0 saturated carbocycles. The zero-order valence-electron chi connectivity index (χ0n) is 13.4. The van der Waals surface area contributed by atoms with Crippen LogP contribution >= 0.6 is 0 Å². The van der Waals surface area contributed by atoms with Crippen LogP contribution in [0.25, 0.3) is 0 Å². The number of carbonyl (C=O) groups is 1. The zero-order valence-corrected chi connectivity index (χ0v) is 13.4. The molecule has 2 aromatic rings. The van der Waals surface area contributed by atoms with Crippen molar-refractivity contribution in [2.45, 2.75) is 31.7 Å². The number of nitrogens with one attached hydrogen (secondary N) is 1. The van der Waals surface area contributed by atoms with Gasteiger partial charge in [-0.1, -0.05) is 30.3 Å². The molecule has 0 aliphatic carbocycles. The third-order valence-corrected chi connectivity index (χ3v) is 4.26. The van der Waals surface area contributed by atoms with E-state index in [2.05, 4.69) is 15.3 Å². The molecular formula is C18H22N4O. The number of likely N-dealkylation sites (tertiary alicyclic amines) is 1. The highest BCUT2D eigenvalue weighted by molar-refractivity contribution is 5.79. The van der Waals surface area contributed by atoms with Crippen molar-refractivity contribution in [1.82, 2.24) is 14.9 Å². The van der Waals surface area contributed by atoms with Gasteiger partial charge < -0.3 is 10.2 Å². The van der Waals surface area contributed by atoms with Gasteiger partial charge in [-0.25, -0.2) is 9.97 Å². The predicted molar refractivity (Wildman–Crippen MR) is 90.0 cm³/mol. The van der Waals surface area contributed by atoms with Crippen molar-refractivity contribution in [3.05, 3.63) is 53.9 Å². The van der Waals surface area contributed by atoms with E-state index in [1.165, 1.54) is 0 Å². The van der Waals surface area contributed by atoms with Crippen LogP contribution in [0.15, 0.2) is 42.6 Å². The van der Waals surface area contributed by atoms with Crippen LogP contribution in [0.2, 0.25) is 0 Å². The highest BCUT2D eigenvalue weighted by Crippen LogP contribution is 2.30. The van der Waals surface area contributed by atoms with Gasteiger partial charge in [0.2, 0.25) is 11.9 Å². The van der Waals surface area contributed by atoms with E-state index in [1.54, 1.807) is 13.2 Å². The van der Waals surface area contributed by atoms with Crippen LogP contribution in [0.4, 0.5) is 5.95 Å². The topological polar surface area (TPSA) is 58.1 Å². The normalized spacial score (nSPS) is 17.8. The summed E-state index contributed by atoms with van der Waals surface area (Å²) in [5.74, 6) is 0.772. The van der Waals surface area contributed by atoms with Crippen molar-refractivity contribution in [3.8, 4) is 0 Å². The SMILES string of the molecule is CNc1nccc([C@@H]2CCCCN2C(=O)Cc2ccccc2)n1. The summed E-state index contributed by atoms with van der Waals surface area (Å²) in [5.41, 5.74) is 1.98. The Morgan fingerprint density at radius 2 is 2.09 bits per heavy atom. The first-order chi connectivity index (χ1) is 11.3. The summed E-state index contributed by atoms with van der Waals surface area (Å²) >= 11 is 0. The third-order valence-electron chi connectivity index (χ3n) is 4.26. The van der Waals surface area contributed by atoms with Gasteiger partial charge in [0.05, 0.1) is 18.2 Å². The van der Waals surface area contributed by atoms with E-state index in [4.69, 9.17) is 0 Å². The molecule has 1 saturated heterocycles. The number of rotatable bonds is 4. The Bertz CT molecular complexity index is 659. The van der Waals surface area contributed by atoms with E-state index in [-0.39, 0.29) is 11.9 Å². The van der Waals surface area contributed by atoms with Crippen LogP contribution in [-0.4, -0.2) is 34.4 Å². The lowest BCUT2D eigenvalue weighted by Gasteiger charge is -2.35. The van der Waals surface area contributed by atoms with E-state index in [0.29, 0.717) is 12.4 Å². The minimum absolute atomic E-state index is 0.0510. The first-order valence-electron chi connectivity index (χ1n) is 8.12. The predicted octanol–water partition coefficient (Wildman–Crippen LogP) is 2.81. The van der Waals surface area contributed by atoms with E-state index >= 15 is 0 Å². The van der Waals surface area contributed by atoms with Crippen molar-refractivity contribution in [2.75, 3.05) is 18.9 Å². The number of aromatic nitrogens is 2. The van der Waals surface area contributed by atoms with Crippen molar-refractivity contribution < 1.29 is 4.79 Å². The van der Waals surface area contributed by atoms with Crippen LogP contribution in [-0.2, 0) is 11.2 Å². The van der Waals surface area contributed by atoms with Crippen molar-refractivity contribution in [1.29, 1.82) is 0 Å². The highest BCUT2D eigenvalue weighted by Gasteiger charge is 2.29. The van der Waals surface area contributed by atoms with Gasteiger partial charge in [-0.2, -0.15) is 0 Å². The maximum absolute atomic E-state index is 12.8. The maximum Gasteiger partial charge on any atom is 0.227 e. The fourth-order valence-corrected chi connectivity index (χ4v) is 3.09. The Labute approximate surface area is 136 Å². The van der Waals surface area contributed by atoms with Gasteiger partial charge in [0, 0.05) is 19.8 Å². The molecule has 1 N–H and O–H groups in total. The van der Waals surface area contributed by atoms with Crippen molar-refractivity contribution in [3.63, 3.8) is 0 Å². The zero-order chi connectivity index (χ0) is 16.1. The fraction of sp³-hybridized carbons (Fsp3) is 0.389. The van der Waals surface area contributed by atoms with E-state index < -0.39 is 0 Å². The Balaban J connectivity index is 1.79. The van der Waals surface area contributed by atoms with Gasteiger partial charge >= 0.3 is 0 Å². The second-order valence-electron chi connectivity index (χ2n) is 5.82. The lowest BCUT2D eigenvalue weighted by atomic mass is 9.98. The molecule has 1 aliphatic rings. The standard InChI is InChI=1S/C18H22N4O/c1-19-18-20-11-10-15(21-18)16-9-5-6-12-22(16)17(23)13-14-7-3-2-4-8-14/h2-4,7-8,10-11,16H,5-6,9,12-13H2,1H3,(H,19,20,21)/t16-/m0/s1. The molecule has 1 aromatic heterocycles. The average Bonchev–Trinajstić information content (AvgIpc) is 2.62. The van der Waals surface area contributed by atoms with E-state index in [0.717, 1.165) is 37.1 Å². The summed E-state index contributed by atoms with van der Waals surface area (Å²) in [6, 6.07) is 11.9. The number of carbonyl (C=O) groups excluding carboxylic acids is 1. The smallest absolute Gasteiger partial charge is 0.227 e. The number of piperidine rings is 1. The van der Waals surface area contributed by atoms with E-state index in [1.807, 2.05) is 41.3 Å². The summed E-state index contributed by atoms with van der Waals surface area (Å²) in [6.07, 6.45) is 5.34. The Morgan fingerprint density at radius 3 is 2.87 bits per heavy atom. The van der Waals surface area contributed by atoms with Gasteiger partial charge in [0.25, 0.3) is 0 Å². The number of nitrogens with zero attached hydrogens (tertiary/aromatic N) is 3. The van der Waals surface area contributed by atoms with Crippen molar-refractivity contribution in [2.24, 2.45) is 0 Å². The maximum atomic E-state index is 12.8. The molecule has 0 unspecified atom stereocenters. The van der Waals surface area contributed by atoms with Crippen LogP contribution < -0.4 is 5.32 Å². The summed E-state index contributed by atoms with van der Waals surface area (Å²) in [6.45, 7) is 0.801. The molecular weight excluding hydrogens is 288 g/mol. The number of amides is 1. The second-order valence-corrected chi connectivity index (χ2v) is 5.82. The minimum atomic E-state index is 0.0510. The fourth-order valence-electron chi connectivity index (χ4n) is 3.09. The van der Waals surface area contributed by atoms with E-state index in [9.17, 15) is 4.79 Å². The largest absolute Gasteiger partial charge is 0.357 e. The van der Waals surface area contributed by atoms with Crippen molar-refractivity contribution >= 4 is 11.9 Å². The molecule has 3 rings (SSSR count). The molecule has 1 atom stereocenters. The molecule has 0 radical (unpaired) electrons. The molecule has 1 amide bonds. The molecule has 120 valence electrons. The summed E-state index contributed by atoms with van der Waals surface area (Å²) in [4.78, 5) is 23.5. The summed E-state index contributed by atoms with van der Waals surface area (Å²) < 4.78 is 0. The molecule has 2 heterocycles. The summed E-state index contributed by atoms with van der Waals surface area (Å²) in [7, 11) is 1.80. The highest BCUT2D eigenvalue weighted by atomic mass is 16.2. The summed E-state index contributed by atoms with van der Waals surface area (Å²) in [5, 5.41) is 2.96. The Kier molecular flexibility index (Phi) is 4.86. The Hall–Kier alpha value is -2.43.